The number of hydrogen-bond donors (Lipinski definition) is 3. The third-order valence-electron chi connectivity index (χ3n) is 4.80. The molecule has 2 heterocycles. The smallest absolute Gasteiger partial charge is 0.417 e. The number of nitrogens with zero attached hydrogens (tertiary/aromatic N) is 3. The van der Waals surface area contributed by atoms with Gasteiger partial charge in [-0.05, 0) is 25.3 Å². The number of likely N-dealkylation sites (tertiary alicyclic amines) is 1. The highest BCUT2D eigenvalue weighted by atomic mass is 127. The third kappa shape index (κ3) is 10.2. The van der Waals surface area contributed by atoms with Gasteiger partial charge in [-0.3, -0.25) is 14.7 Å². The van der Waals surface area contributed by atoms with Crippen LogP contribution in [0.2, 0.25) is 0 Å². The Morgan fingerprint density at radius 2 is 1.97 bits per heavy atom. The number of nitrogens with one attached hydrogen (secondary N) is 3. The number of ether oxygens (including phenoxy) is 1. The average Bonchev–Trinajstić information content (AvgIpc) is 2.75. The number of pyridine rings is 1. The van der Waals surface area contributed by atoms with Crippen LogP contribution >= 0.6 is 24.0 Å². The van der Waals surface area contributed by atoms with Crippen LogP contribution in [0.4, 0.5) is 13.2 Å². The summed E-state index contributed by atoms with van der Waals surface area (Å²) in [5, 5.41) is 9.36. The molecule has 3 N–H and O–H groups in total. The first-order chi connectivity index (χ1) is 14.8. The van der Waals surface area contributed by atoms with Gasteiger partial charge in [-0.1, -0.05) is 6.92 Å². The highest BCUT2D eigenvalue weighted by Gasteiger charge is 2.30. The monoisotopic (exact) mass is 572 g/mol. The molecule has 0 unspecified atom stereocenters. The number of alkyl halides is 3. The molecule has 32 heavy (non-hydrogen) atoms. The number of piperidine rings is 1. The van der Waals surface area contributed by atoms with E-state index in [4.69, 9.17) is 4.74 Å². The fraction of sp³-hybridized carbons (Fsp3) is 0.650. The van der Waals surface area contributed by atoms with Gasteiger partial charge in [0.15, 0.2) is 5.96 Å². The number of hydrogen-bond acceptors (Lipinski definition) is 5. The summed E-state index contributed by atoms with van der Waals surface area (Å²) in [5.74, 6) is 0.824. The topological polar surface area (TPSA) is 90.9 Å². The van der Waals surface area contributed by atoms with Crippen LogP contribution in [-0.2, 0) is 11.0 Å². The van der Waals surface area contributed by atoms with Crippen LogP contribution in [0.15, 0.2) is 23.3 Å². The molecule has 0 saturated carbocycles. The number of carbonyl (C=O) groups is 1. The van der Waals surface area contributed by atoms with E-state index in [2.05, 4.69) is 30.8 Å². The number of amides is 1. The Bertz CT molecular complexity index is 710. The molecule has 0 aromatic carbocycles. The summed E-state index contributed by atoms with van der Waals surface area (Å²) in [6, 6.07) is 2.39. The summed E-state index contributed by atoms with van der Waals surface area (Å²) < 4.78 is 43.0. The number of carbonyl (C=O) groups excluding carboxylic acids is 1. The van der Waals surface area contributed by atoms with E-state index >= 15 is 0 Å². The van der Waals surface area contributed by atoms with Crippen molar-refractivity contribution >= 4 is 35.8 Å². The Hall–Kier alpha value is -1.83. The van der Waals surface area contributed by atoms with E-state index in [1.807, 2.05) is 6.92 Å². The van der Waals surface area contributed by atoms with Gasteiger partial charge in [0.2, 0.25) is 11.8 Å². The minimum absolute atomic E-state index is 0. The van der Waals surface area contributed by atoms with Crippen LogP contribution in [0.1, 0.15) is 31.7 Å². The first-order valence-corrected chi connectivity index (χ1v) is 10.4. The largest absolute Gasteiger partial charge is 0.476 e. The van der Waals surface area contributed by atoms with Gasteiger partial charge in [0, 0.05) is 45.0 Å². The molecule has 0 atom stereocenters. The lowest BCUT2D eigenvalue weighted by Crippen LogP contribution is -2.50. The van der Waals surface area contributed by atoms with Gasteiger partial charge in [-0.2, -0.15) is 13.2 Å². The quantitative estimate of drug-likeness (QED) is 0.182. The molecule has 1 amide bonds. The molecular formula is C20H32F3IN6O2. The molecule has 0 aliphatic carbocycles. The van der Waals surface area contributed by atoms with Crippen molar-refractivity contribution in [3.63, 3.8) is 0 Å². The SMILES string of the molecule is CCCNC(=O)CN1CCC(NC(=NC)NCCOc2ccc(C(F)(F)F)cn2)CC1.I. The molecule has 8 nitrogen and oxygen atoms in total. The standard InChI is InChI=1S/C20H31F3N6O2.HI/c1-3-8-25-17(30)14-29-10-6-16(7-11-29)28-19(24-2)26-9-12-31-18-5-4-15(13-27-18)20(21,22)23;/h4-5,13,16H,3,6-12,14H2,1-2H3,(H,25,30)(H2,24,26,28);1H. The molecule has 1 fully saturated rings. The zero-order chi connectivity index (χ0) is 22.7. The molecule has 1 aliphatic heterocycles. The van der Waals surface area contributed by atoms with Crippen molar-refractivity contribution in [2.24, 2.45) is 4.99 Å². The van der Waals surface area contributed by atoms with E-state index in [0.717, 1.165) is 44.6 Å². The number of halogens is 4. The number of guanidine groups is 1. The molecular weight excluding hydrogens is 540 g/mol. The number of aromatic nitrogens is 1. The number of aliphatic imine (C=N–C) groups is 1. The van der Waals surface area contributed by atoms with Crippen LogP contribution in [0.5, 0.6) is 5.88 Å². The highest BCUT2D eigenvalue weighted by Crippen LogP contribution is 2.29. The maximum absolute atomic E-state index is 12.5. The second-order valence-corrected chi connectivity index (χ2v) is 7.28. The fourth-order valence-corrected chi connectivity index (χ4v) is 3.11. The van der Waals surface area contributed by atoms with E-state index in [1.54, 1.807) is 7.05 Å². The normalized spacial score (nSPS) is 15.6. The van der Waals surface area contributed by atoms with Gasteiger partial charge in [0.1, 0.15) is 6.61 Å². The van der Waals surface area contributed by atoms with Crippen LogP contribution in [0, 0.1) is 0 Å². The zero-order valence-corrected chi connectivity index (χ0v) is 20.7. The van der Waals surface area contributed by atoms with Crippen LogP contribution in [0.3, 0.4) is 0 Å². The molecule has 1 aromatic heterocycles. The van der Waals surface area contributed by atoms with E-state index < -0.39 is 11.7 Å². The minimum atomic E-state index is -4.41. The predicted octanol–water partition coefficient (Wildman–Crippen LogP) is 2.25. The minimum Gasteiger partial charge on any atom is -0.476 e. The molecule has 2 rings (SSSR count). The van der Waals surface area contributed by atoms with E-state index in [1.165, 1.54) is 6.07 Å². The van der Waals surface area contributed by atoms with E-state index in [0.29, 0.717) is 25.6 Å². The summed E-state index contributed by atoms with van der Waals surface area (Å²) in [7, 11) is 1.67. The first kappa shape index (κ1) is 28.2. The van der Waals surface area contributed by atoms with Gasteiger partial charge < -0.3 is 20.7 Å². The summed E-state index contributed by atoms with van der Waals surface area (Å²) in [6.07, 6.45) is -0.941. The highest BCUT2D eigenvalue weighted by molar-refractivity contribution is 14.0. The lowest BCUT2D eigenvalue weighted by molar-refractivity contribution is -0.137. The molecule has 12 heteroatoms. The fourth-order valence-electron chi connectivity index (χ4n) is 3.11. The van der Waals surface area contributed by atoms with Crippen molar-refractivity contribution in [2.75, 3.05) is 46.4 Å². The second-order valence-electron chi connectivity index (χ2n) is 7.28. The molecule has 0 bridgehead atoms. The Balaban J connectivity index is 0.00000512. The first-order valence-electron chi connectivity index (χ1n) is 10.4. The van der Waals surface area contributed by atoms with Crippen molar-refractivity contribution in [1.29, 1.82) is 0 Å². The van der Waals surface area contributed by atoms with Crippen LogP contribution in [0.25, 0.3) is 0 Å². The maximum atomic E-state index is 12.5. The zero-order valence-electron chi connectivity index (χ0n) is 18.4. The summed E-state index contributed by atoms with van der Waals surface area (Å²) in [5.41, 5.74) is -0.810. The lowest BCUT2D eigenvalue weighted by atomic mass is 10.1. The average molecular weight is 572 g/mol. The van der Waals surface area contributed by atoms with Crippen LogP contribution in [-0.4, -0.2) is 74.2 Å². The Morgan fingerprint density at radius 1 is 1.25 bits per heavy atom. The molecule has 0 spiro atoms. The molecule has 1 saturated heterocycles. The maximum Gasteiger partial charge on any atom is 0.417 e. The Labute approximate surface area is 203 Å². The van der Waals surface area contributed by atoms with E-state index in [-0.39, 0.29) is 48.4 Å². The molecule has 0 radical (unpaired) electrons. The number of rotatable bonds is 9. The lowest BCUT2D eigenvalue weighted by Gasteiger charge is -2.32. The summed E-state index contributed by atoms with van der Waals surface area (Å²) in [4.78, 5) is 21.8. The van der Waals surface area contributed by atoms with Gasteiger partial charge in [0.25, 0.3) is 0 Å². The summed E-state index contributed by atoms with van der Waals surface area (Å²) >= 11 is 0. The van der Waals surface area contributed by atoms with Crippen molar-refractivity contribution < 1.29 is 22.7 Å². The van der Waals surface area contributed by atoms with Gasteiger partial charge in [-0.25, -0.2) is 4.98 Å². The van der Waals surface area contributed by atoms with Crippen molar-refractivity contribution in [2.45, 2.75) is 38.4 Å². The third-order valence-corrected chi connectivity index (χ3v) is 4.80. The molecule has 1 aromatic rings. The van der Waals surface area contributed by atoms with Crippen molar-refractivity contribution in [3.8, 4) is 5.88 Å². The Kier molecular flexibility index (Phi) is 12.6. The van der Waals surface area contributed by atoms with Gasteiger partial charge in [-0.15, -0.1) is 24.0 Å². The van der Waals surface area contributed by atoms with Crippen molar-refractivity contribution in [1.82, 2.24) is 25.8 Å². The second kappa shape index (κ2) is 14.3. The summed E-state index contributed by atoms with van der Waals surface area (Å²) in [6.45, 7) is 5.46. The van der Waals surface area contributed by atoms with Crippen molar-refractivity contribution in [3.05, 3.63) is 23.9 Å². The van der Waals surface area contributed by atoms with Gasteiger partial charge >= 0.3 is 6.18 Å². The predicted molar refractivity (Wildman–Crippen MR) is 127 cm³/mol. The van der Waals surface area contributed by atoms with Crippen LogP contribution < -0.4 is 20.7 Å². The van der Waals surface area contributed by atoms with E-state index in [9.17, 15) is 18.0 Å². The van der Waals surface area contributed by atoms with Gasteiger partial charge in [0.05, 0.1) is 18.7 Å². The molecule has 182 valence electrons. The molecule has 1 aliphatic rings. The Morgan fingerprint density at radius 3 is 2.53 bits per heavy atom.